The molecule has 0 unspecified atom stereocenters. The fraction of sp³-hybridized carbons (Fsp3) is 0. The fourth-order valence-electron chi connectivity index (χ4n) is 3.47. The van der Waals surface area contributed by atoms with Crippen LogP contribution >= 0.6 is 23.8 Å². The Morgan fingerprint density at radius 1 is 0.972 bits per heavy atom. The predicted molar refractivity (Wildman–Crippen MR) is 139 cm³/mol. The van der Waals surface area contributed by atoms with Crippen molar-refractivity contribution in [2.75, 3.05) is 5.32 Å². The molecule has 0 atom stereocenters. The standard InChI is InChI=1S/C25H15ClN4O5S/c26-16-5-1-4-15(11-16)24-28-19-13-17(7-8-21(19)35-24)27-25(36)29-23(31)22-10-9-20(34-22)14-3-2-6-18(12-14)30(32)33/h1-13H,(H2,27,29,31,36). The van der Waals surface area contributed by atoms with Gasteiger partial charge in [0.25, 0.3) is 11.6 Å². The van der Waals surface area contributed by atoms with E-state index in [0.29, 0.717) is 39.0 Å². The number of aromatic nitrogens is 1. The first kappa shape index (κ1) is 23.2. The number of rotatable bonds is 5. The van der Waals surface area contributed by atoms with Crippen molar-refractivity contribution >= 4 is 57.3 Å². The predicted octanol–water partition coefficient (Wildman–Crippen LogP) is 6.44. The lowest BCUT2D eigenvalue weighted by Gasteiger charge is -2.08. The second kappa shape index (κ2) is 9.61. The van der Waals surface area contributed by atoms with E-state index in [1.165, 1.54) is 18.2 Å². The summed E-state index contributed by atoms with van der Waals surface area (Å²) in [7, 11) is 0. The summed E-state index contributed by atoms with van der Waals surface area (Å²) in [5, 5.41) is 17.1. The summed E-state index contributed by atoms with van der Waals surface area (Å²) in [5.74, 6) is 0.168. The topological polar surface area (TPSA) is 123 Å². The number of nitro groups is 1. The molecule has 11 heteroatoms. The first-order chi connectivity index (χ1) is 17.4. The number of hydrogen-bond acceptors (Lipinski definition) is 7. The number of hydrogen-bond donors (Lipinski definition) is 2. The van der Waals surface area contributed by atoms with E-state index in [-0.39, 0.29) is 16.6 Å². The molecule has 5 aromatic rings. The molecule has 0 bridgehead atoms. The molecule has 0 fully saturated rings. The molecule has 3 aromatic carbocycles. The average molecular weight is 519 g/mol. The van der Waals surface area contributed by atoms with Crippen molar-refractivity contribution in [3.05, 3.63) is 99.8 Å². The van der Waals surface area contributed by atoms with E-state index >= 15 is 0 Å². The molecule has 9 nitrogen and oxygen atoms in total. The lowest BCUT2D eigenvalue weighted by Crippen LogP contribution is -2.33. The molecular weight excluding hydrogens is 504 g/mol. The SMILES string of the molecule is O=C(NC(=S)Nc1ccc2oc(-c3cccc(Cl)c3)nc2c1)c1ccc(-c2cccc([N+](=O)[O-])c2)o1. The van der Waals surface area contributed by atoms with Gasteiger partial charge < -0.3 is 14.2 Å². The molecule has 0 radical (unpaired) electrons. The summed E-state index contributed by atoms with van der Waals surface area (Å²) < 4.78 is 11.4. The van der Waals surface area contributed by atoms with Crippen molar-refractivity contribution in [3.8, 4) is 22.8 Å². The van der Waals surface area contributed by atoms with Gasteiger partial charge >= 0.3 is 0 Å². The number of fused-ring (bicyclic) bond motifs is 1. The number of anilines is 1. The highest BCUT2D eigenvalue weighted by molar-refractivity contribution is 7.80. The van der Waals surface area contributed by atoms with Gasteiger partial charge in [-0.1, -0.05) is 29.8 Å². The summed E-state index contributed by atoms with van der Waals surface area (Å²) in [6.45, 7) is 0. The van der Waals surface area contributed by atoms with E-state index in [4.69, 9.17) is 32.7 Å². The third-order valence-corrected chi connectivity index (χ3v) is 5.55. The molecule has 5 rings (SSSR count). The number of halogens is 1. The van der Waals surface area contributed by atoms with E-state index in [9.17, 15) is 14.9 Å². The number of benzene rings is 3. The summed E-state index contributed by atoms with van der Waals surface area (Å²) in [6, 6.07) is 21.3. The number of nitro benzene ring substituents is 1. The zero-order valence-electron chi connectivity index (χ0n) is 18.2. The molecule has 178 valence electrons. The molecular formula is C25H15ClN4O5S. The Morgan fingerprint density at radius 2 is 1.78 bits per heavy atom. The van der Waals surface area contributed by atoms with Gasteiger partial charge in [-0.05, 0) is 60.7 Å². The smallest absolute Gasteiger partial charge is 0.293 e. The van der Waals surface area contributed by atoms with Crippen molar-refractivity contribution in [1.82, 2.24) is 10.3 Å². The van der Waals surface area contributed by atoms with Gasteiger partial charge in [0, 0.05) is 34.0 Å². The van der Waals surface area contributed by atoms with Crippen LogP contribution in [0.5, 0.6) is 0 Å². The Kier molecular flexibility index (Phi) is 6.19. The summed E-state index contributed by atoms with van der Waals surface area (Å²) in [4.78, 5) is 27.6. The highest BCUT2D eigenvalue weighted by atomic mass is 35.5. The van der Waals surface area contributed by atoms with E-state index in [2.05, 4.69) is 15.6 Å². The summed E-state index contributed by atoms with van der Waals surface area (Å²) in [5.41, 5.74) is 2.91. The van der Waals surface area contributed by atoms with Crippen molar-refractivity contribution in [1.29, 1.82) is 0 Å². The van der Waals surface area contributed by atoms with Gasteiger partial charge in [0.2, 0.25) is 5.89 Å². The Bertz CT molecular complexity index is 1640. The highest BCUT2D eigenvalue weighted by Crippen LogP contribution is 2.28. The zero-order chi connectivity index (χ0) is 25.2. The number of carbonyl (C=O) groups is 1. The van der Waals surface area contributed by atoms with Crippen LogP contribution in [0.15, 0.2) is 87.7 Å². The van der Waals surface area contributed by atoms with Crippen LogP contribution in [-0.2, 0) is 0 Å². The Hall–Kier alpha value is -4.54. The van der Waals surface area contributed by atoms with E-state index in [1.54, 1.807) is 48.5 Å². The van der Waals surface area contributed by atoms with E-state index in [0.717, 1.165) is 5.56 Å². The molecule has 0 aliphatic heterocycles. The summed E-state index contributed by atoms with van der Waals surface area (Å²) >= 11 is 11.3. The lowest BCUT2D eigenvalue weighted by atomic mass is 10.1. The Morgan fingerprint density at radius 3 is 2.58 bits per heavy atom. The van der Waals surface area contributed by atoms with Crippen LogP contribution in [-0.4, -0.2) is 20.9 Å². The molecule has 0 saturated heterocycles. The molecule has 2 N–H and O–H groups in total. The first-order valence-electron chi connectivity index (χ1n) is 10.5. The van der Waals surface area contributed by atoms with Crippen LogP contribution in [0.3, 0.4) is 0 Å². The number of nitrogens with one attached hydrogen (secondary N) is 2. The van der Waals surface area contributed by atoms with Crippen molar-refractivity contribution < 1.29 is 18.6 Å². The molecule has 2 aromatic heterocycles. The van der Waals surface area contributed by atoms with Gasteiger partial charge in [-0.2, -0.15) is 0 Å². The van der Waals surface area contributed by atoms with Crippen LogP contribution < -0.4 is 10.6 Å². The number of nitrogens with zero attached hydrogens (tertiary/aromatic N) is 2. The van der Waals surface area contributed by atoms with Gasteiger partial charge in [-0.15, -0.1) is 0 Å². The molecule has 2 heterocycles. The minimum absolute atomic E-state index is 0.00114. The number of thiocarbonyl (C=S) groups is 1. The first-order valence-corrected chi connectivity index (χ1v) is 11.3. The summed E-state index contributed by atoms with van der Waals surface area (Å²) in [6.07, 6.45) is 0. The molecule has 0 spiro atoms. The minimum atomic E-state index is -0.574. The van der Waals surface area contributed by atoms with Crippen molar-refractivity contribution in [2.45, 2.75) is 0 Å². The molecule has 1 amide bonds. The normalized spacial score (nSPS) is 10.8. The third-order valence-electron chi connectivity index (χ3n) is 5.12. The van der Waals surface area contributed by atoms with Gasteiger partial charge in [-0.25, -0.2) is 4.98 Å². The Labute approximate surface area is 213 Å². The Balaban J connectivity index is 1.26. The van der Waals surface area contributed by atoms with Crippen LogP contribution in [0, 0.1) is 10.1 Å². The maximum absolute atomic E-state index is 12.6. The van der Waals surface area contributed by atoms with Crippen LogP contribution in [0.25, 0.3) is 33.9 Å². The maximum atomic E-state index is 12.6. The number of furan rings is 1. The van der Waals surface area contributed by atoms with E-state index < -0.39 is 10.8 Å². The van der Waals surface area contributed by atoms with Gasteiger partial charge in [0.1, 0.15) is 11.3 Å². The number of oxazole rings is 1. The molecule has 0 saturated carbocycles. The maximum Gasteiger partial charge on any atom is 0.293 e. The average Bonchev–Trinajstić information content (AvgIpc) is 3.52. The minimum Gasteiger partial charge on any atom is -0.451 e. The van der Waals surface area contributed by atoms with Crippen molar-refractivity contribution in [3.63, 3.8) is 0 Å². The lowest BCUT2D eigenvalue weighted by molar-refractivity contribution is -0.384. The van der Waals surface area contributed by atoms with Crippen LogP contribution in [0.2, 0.25) is 5.02 Å². The molecule has 0 aliphatic rings. The zero-order valence-corrected chi connectivity index (χ0v) is 19.8. The number of amides is 1. The van der Waals surface area contributed by atoms with Gasteiger partial charge in [0.15, 0.2) is 16.5 Å². The third kappa shape index (κ3) is 4.95. The second-order valence-corrected chi connectivity index (χ2v) is 8.44. The molecule has 0 aliphatic carbocycles. The monoisotopic (exact) mass is 518 g/mol. The highest BCUT2D eigenvalue weighted by Gasteiger charge is 2.16. The number of carbonyl (C=O) groups excluding carboxylic acids is 1. The van der Waals surface area contributed by atoms with Crippen molar-refractivity contribution in [2.24, 2.45) is 0 Å². The quantitative estimate of drug-likeness (QED) is 0.155. The fourth-order valence-corrected chi connectivity index (χ4v) is 3.87. The molecule has 36 heavy (non-hydrogen) atoms. The van der Waals surface area contributed by atoms with Gasteiger partial charge in [-0.3, -0.25) is 20.2 Å². The number of non-ortho nitro benzene ring substituents is 1. The van der Waals surface area contributed by atoms with Crippen LogP contribution in [0.1, 0.15) is 10.6 Å². The van der Waals surface area contributed by atoms with E-state index in [1.807, 2.05) is 12.1 Å². The van der Waals surface area contributed by atoms with Gasteiger partial charge in [0.05, 0.1) is 4.92 Å². The second-order valence-electron chi connectivity index (χ2n) is 7.59. The largest absolute Gasteiger partial charge is 0.451 e. The van der Waals surface area contributed by atoms with Crippen LogP contribution in [0.4, 0.5) is 11.4 Å².